The van der Waals surface area contributed by atoms with Crippen molar-refractivity contribution in [2.24, 2.45) is 10.7 Å². The number of nitrogens with two attached hydrogens (primary N) is 1. The van der Waals surface area contributed by atoms with Gasteiger partial charge in [-0.3, -0.25) is 4.99 Å². The van der Waals surface area contributed by atoms with Gasteiger partial charge in [-0.2, -0.15) is 5.10 Å². The molecule has 27 heavy (non-hydrogen) atoms. The van der Waals surface area contributed by atoms with Gasteiger partial charge in [0.1, 0.15) is 5.82 Å². The molecule has 0 amide bonds. The summed E-state index contributed by atoms with van der Waals surface area (Å²) in [5.74, 6) is 0.119. The Balaban J connectivity index is 0.00000261. The lowest BCUT2D eigenvalue weighted by molar-refractivity contribution is 0.627. The standard InChI is InChI=1S/C20H22FN5.HI/c1-14-3-6-18(13-15(14)2)24-20(22)23-11-9-17-10-12-26(25-17)19-7-4-16(21)5-8-19;/h3-8,10,12-13H,9,11H2,1-2H3,(H3,22,23,24);1H. The second kappa shape index (κ2) is 9.50. The molecular weight excluding hydrogens is 456 g/mol. The Bertz CT molecular complexity index is 918. The molecule has 0 atom stereocenters. The molecule has 0 spiro atoms. The first-order valence-electron chi connectivity index (χ1n) is 8.46. The second-order valence-electron chi connectivity index (χ2n) is 6.17. The summed E-state index contributed by atoms with van der Waals surface area (Å²) in [4.78, 5) is 4.34. The van der Waals surface area contributed by atoms with Crippen LogP contribution in [0.4, 0.5) is 10.1 Å². The highest BCUT2D eigenvalue weighted by Gasteiger charge is 2.02. The number of nitrogens with zero attached hydrogens (tertiary/aromatic N) is 3. The molecule has 1 heterocycles. The summed E-state index contributed by atoms with van der Waals surface area (Å²) in [6, 6.07) is 14.2. The number of aromatic nitrogens is 2. The van der Waals surface area contributed by atoms with Crippen molar-refractivity contribution in [3.63, 3.8) is 0 Å². The summed E-state index contributed by atoms with van der Waals surface area (Å²) in [6.07, 6.45) is 2.52. The van der Waals surface area contributed by atoms with E-state index in [0.29, 0.717) is 18.9 Å². The van der Waals surface area contributed by atoms with Gasteiger partial charge in [0, 0.05) is 24.8 Å². The Morgan fingerprint density at radius 1 is 1.11 bits per heavy atom. The molecule has 0 unspecified atom stereocenters. The molecule has 7 heteroatoms. The van der Waals surface area contributed by atoms with Crippen LogP contribution in [0.15, 0.2) is 59.7 Å². The number of rotatable bonds is 5. The topological polar surface area (TPSA) is 68.2 Å². The Kier molecular flexibility index (Phi) is 7.35. The lowest BCUT2D eigenvalue weighted by Crippen LogP contribution is -2.23. The smallest absolute Gasteiger partial charge is 0.193 e. The first-order chi connectivity index (χ1) is 12.5. The van der Waals surface area contributed by atoms with E-state index >= 15 is 0 Å². The minimum Gasteiger partial charge on any atom is -0.370 e. The van der Waals surface area contributed by atoms with Gasteiger partial charge in [0.15, 0.2) is 5.96 Å². The Morgan fingerprint density at radius 3 is 2.56 bits per heavy atom. The van der Waals surface area contributed by atoms with Crippen LogP contribution in [0.1, 0.15) is 16.8 Å². The van der Waals surface area contributed by atoms with E-state index in [1.807, 2.05) is 30.5 Å². The number of aryl methyl sites for hydroxylation is 2. The molecule has 142 valence electrons. The van der Waals surface area contributed by atoms with Crippen LogP contribution in [0.5, 0.6) is 0 Å². The number of anilines is 1. The Morgan fingerprint density at radius 2 is 1.85 bits per heavy atom. The van der Waals surface area contributed by atoms with Gasteiger partial charge in [-0.15, -0.1) is 24.0 Å². The first-order valence-corrected chi connectivity index (χ1v) is 8.46. The van der Waals surface area contributed by atoms with Crippen LogP contribution in [0.2, 0.25) is 0 Å². The maximum Gasteiger partial charge on any atom is 0.193 e. The molecule has 3 rings (SSSR count). The number of nitrogens with one attached hydrogen (secondary N) is 1. The zero-order chi connectivity index (χ0) is 18.5. The van der Waals surface area contributed by atoms with Crippen molar-refractivity contribution in [3.05, 3.63) is 77.4 Å². The number of aliphatic imine (C=N–C) groups is 1. The molecule has 0 aliphatic rings. The number of guanidine groups is 1. The summed E-state index contributed by atoms with van der Waals surface area (Å²) >= 11 is 0. The maximum atomic E-state index is 13.0. The van der Waals surface area contributed by atoms with Gasteiger partial charge in [-0.05, 0) is 67.4 Å². The SMILES string of the molecule is Cc1ccc(NC(N)=NCCc2ccn(-c3ccc(F)cc3)n2)cc1C.I. The number of benzene rings is 2. The third-order valence-corrected chi connectivity index (χ3v) is 4.16. The minimum atomic E-state index is -0.262. The van der Waals surface area contributed by atoms with Crippen LogP contribution < -0.4 is 11.1 Å². The third-order valence-electron chi connectivity index (χ3n) is 4.16. The van der Waals surface area contributed by atoms with Gasteiger partial charge < -0.3 is 11.1 Å². The molecular formula is C20H23FIN5. The molecule has 0 aliphatic carbocycles. The summed E-state index contributed by atoms with van der Waals surface area (Å²) in [5, 5.41) is 7.58. The van der Waals surface area contributed by atoms with Crippen LogP contribution in [0.3, 0.4) is 0 Å². The van der Waals surface area contributed by atoms with Crippen LogP contribution in [0, 0.1) is 19.7 Å². The van der Waals surface area contributed by atoms with Crippen LogP contribution in [0.25, 0.3) is 5.69 Å². The molecule has 3 aromatic rings. The van der Waals surface area contributed by atoms with Crippen LogP contribution >= 0.6 is 24.0 Å². The molecule has 0 aliphatic heterocycles. The average Bonchev–Trinajstić information content (AvgIpc) is 3.08. The summed E-state index contributed by atoms with van der Waals surface area (Å²) < 4.78 is 14.7. The van der Waals surface area contributed by atoms with Gasteiger partial charge in [0.25, 0.3) is 0 Å². The fourth-order valence-corrected chi connectivity index (χ4v) is 2.53. The average molecular weight is 479 g/mol. The van der Waals surface area contributed by atoms with E-state index in [9.17, 15) is 4.39 Å². The van der Waals surface area contributed by atoms with Crippen molar-refractivity contribution in [2.45, 2.75) is 20.3 Å². The second-order valence-corrected chi connectivity index (χ2v) is 6.17. The first kappa shape index (κ1) is 20.9. The maximum absolute atomic E-state index is 13.0. The molecule has 0 bridgehead atoms. The summed E-state index contributed by atoms with van der Waals surface area (Å²) in [7, 11) is 0. The monoisotopic (exact) mass is 479 g/mol. The largest absolute Gasteiger partial charge is 0.370 e. The molecule has 0 saturated carbocycles. The van der Waals surface area contributed by atoms with E-state index in [4.69, 9.17) is 5.73 Å². The molecule has 0 radical (unpaired) electrons. The highest BCUT2D eigenvalue weighted by atomic mass is 127. The zero-order valence-corrected chi connectivity index (χ0v) is 17.6. The van der Waals surface area contributed by atoms with E-state index in [1.54, 1.807) is 16.8 Å². The van der Waals surface area contributed by atoms with Gasteiger partial charge in [-0.25, -0.2) is 9.07 Å². The Hall–Kier alpha value is -2.42. The molecule has 2 aromatic carbocycles. The lowest BCUT2D eigenvalue weighted by atomic mass is 10.1. The van der Waals surface area contributed by atoms with E-state index in [2.05, 4.69) is 29.3 Å². The summed E-state index contributed by atoms with van der Waals surface area (Å²) in [6.45, 7) is 4.66. The zero-order valence-electron chi connectivity index (χ0n) is 15.3. The normalized spacial score (nSPS) is 11.1. The van der Waals surface area contributed by atoms with E-state index in [-0.39, 0.29) is 29.8 Å². The van der Waals surface area contributed by atoms with E-state index in [1.165, 1.54) is 23.3 Å². The van der Waals surface area contributed by atoms with Crippen molar-refractivity contribution in [2.75, 3.05) is 11.9 Å². The van der Waals surface area contributed by atoms with Crippen LogP contribution in [-0.4, -0.2) is 22.3 Å². The van der Waals surface area contributed by atoms with Crippen molar-refractivity contribution in [3.8, 4) is 5.69 Å². The summed E-state index contributed by atoms with van der Waals surface area (Å²) in [5.41, 5.74) is 11.0. The molecule has 5 nitrogen and oxygen atoms in total. The van der Waals surface area contributed by atoms with Crippen molar-refractivity contribution in [1.29, 1.82) is 0 Å². The fourth-order valence-electron chi connectivity index (χ4n) is 2.53. The predicted octanol–water partition coefficient (Wildman–Crippen LogP) is 4.22. The van der Waals surface area contributed by atoms with E-state index in [0.717, 1.165) is 17.1 Å². The lowest BCUT2D eigenvalue weighted by Gasteiger charge is -2.08. The highest BCUT2D eigenvalue weighted by Crippen LogP contribution is 2.14. The van der Waals surface area contributed by atoms with E-state index < -0.39 is 0 Å². The van der Waals surface area contributed by atoms with Crippen molar-refractivity contribution >= 4 is 35.6 Å². The number of halogens is 2. The van der Waals surface area contributed by atoms with Gasteiger partial charge in [0.05, 0.1) is 11.4 Å². The highest BCUT2D eigenvalue weighted by molar-refractivity contribution is 14.0. The minimum absolute atomic E-state index is 0. The molecule has 3 N–H and O–H groups in total. The fraction of sp³-hybridized carbons (Fsp3) is 0.200. The molecule has 0 fully saturated rings. The van der Waals surface area contributed by atoms with Crippen molar-refractivity contribution in [1.82, 2.24) is 9.78 Å². The number of hydrogen-bond donors (Lipinski definition) is 2. The Labute approximate surface area is 175 Å². The predicted molar refractivity (Wildman–Crippen MR) is 119 cm³/mol. The molecule has 1 aromatic heterocycles. The van der Waals surface area contributed by atoms with Crippen LogP contribution in [-0.2, 0) is 6.42 Å². The quantitative estimate of drug-likeness (QED) is 0.327. The third kappa shape index (κ3) is 5.78. The van der Waals surface area contributed by atoms with Gasteiger partial charge >= 0.3 is 0 Å². The molecule has 0 saturated heterocycles. The number of hydrogen-bond acceptors (Lipinski definition) is 2. The van der Waals surface area contributed by atoms with Crippen molar-refractivity contribution < 1.29 is 4.39 Å². The van der Waals surface area contributed by atoms with Gasteiger partial charge in [-0.1, -0.05) is 6.07 Å². The van der Waals surface area contributed by atoms with Gasteiger partial charge in [0.2, 0.25) is 0 Å².